The van der Waals surface area contributed by atoms with E-state index in [0.717, 1.165) is 0 Å². The number of aromatic nitrogens is 3. The van der Waals surface area contributed by atoms with Gasteiger partial charge in [-0.3, -0.25) is 9.78 Å². The third-order valence-electron chi connectivity index (χ3n) is 1.88. The van der Waals surface area contributed by atoms with Crippen molar-refractivity contribution in [3.63, 3.8) is 0 Å². The van der Waals surface area contributed by atoms with E-state index in [1.165, 1.54) is 0 Å². The molecule has 0 saturated carbocycles. The molecular formula is C9H9N5O2. The number of benzene rings is 1. The Morgan fingerprint density at radius 3 is 2.50 bits per heavy atom. The van der Waals surface area contributed by atoms with Crippen molar-refractivity contribution in [2.24, 2.45) is 0 Å². The molecule has 0 atom stereocenters. The summed E-state index contributed by atoms with van der Waals surface area (Å²) >= 11 is 0. The smallest absolute Gasteiger partial charge is 0.342 e. The van der Waals surface area contributed by atoms with Crippen LogP contribution in [0.5, 0.6) is 0 Å². The molecule has 0 unspecified atom stereocenters. The normalized spacial score (nSPS) is 10.0. The van der Waals surface area contributed by atoms with E-state index in [1.807, 2.05) is 0 Å². The predicted octanol–water partition coefficient (Wildman–Crippen LogP) is -0.216. The molecule has 0 aliphatic rings. The second-order valence-corrected chi connectivity index (χ2v) is 3.10. The molecule has 0 radical (unpaired) electrons. The molecule has 2 rings (SSSR count). The number of hydrogen-bond acceptors (Lipinski definition) is 5. The van der Waals surface area contributed by atoms with Crippen LogP contribution < -0.4 is 22.3 Å². The van der Waals surface area contributed by atoms with Crippen LogP contribution in [0.1, 0.15) is 0 Å². The van der Waals surface area contributed by atoms with Gasteiger partial charge in [0.2, 0.25) is 5.82 Å². The molecule has 1 aromatic carbocycles. The van der Waals surface area contributed by atoms with E-state index in [1.54, 1.807) is 24.3 Å². The highest BCUT2D eigenvalue weighted by atomic mass is 16.2. The van der Waals surface area contributed by atoms with Gasteiger partial charge >= 0.3 is 5.69 Å². The minimum atomic E-state index is -0.646. The average Bonchev–Trinajstić information content (AvgIpc) is 2.25. The van der Waals surface area contributed by atoms with Gasteiger partial charge in [0.25, 0.3) is 5.56 Å². The Morgan fingerprint density at radius 2 is 1.88 bits per heavy atom. The average molecular weight is 219 g/mol. The van der Waals surface area contributed by atoms with Crippen LogP contribution in [0.2, 0.25) is 0 Å². The summed E-state index contributed by atoms with van der Waals surface area (Å²) < 4.78 is 0. The van der Waals surface area contributed by atoms with Crippen LogP contribution in [0.25, 0.3) is 0 Å². The van der Waals surface area contributed by atoms with Gasteiger partial charge in [-0.2, -0.15) is 0 Å². The third kappa shape index (κ3) is 2.08. The van der Waals surface area contributed by atoms with Crippen LogP contribution in [-0.4, -0.2) is 15.2 Å². The van der Waals surface area contributed by atoms with Crippen molar-refractivity contribution in [3.8, 4) is 0 Å². The Kier molecular flexibility index (Phi) is 2.42. The van der Waals surface area contributed by atoms with Crippen molar-refractivity contribution in [2.75, 3.05) is 11.1 Å². The van der Waals surface area contributed by atoms with Crippen molar-refractivity contribution in [3.05, 3.63) is 45.1 Å². The second kappa shape index (κ2) is 3.89. The quantitative estimate of drug-likeness (QED) is 0.521. The van der Waals surface area contributed by atoms with Gasteiger partial charge in [0.15, 0.2) is 0 Å². The molecule has 0 fully saturated rings. The monoisotopic (exact) mass is 219 g/mol. The molecule has 16 heavy (non-hydrogen) atoms. The molecule has 7 heteroatoms. The maximum atomic E-state index is 11.3. The molecule has 2 aromatic rings. The zero-order valence-electron chi connectivity index (χ0n) is 8.15. The predicted molar refractivity (Wildman–Crippen MR) is 59.6 cm³/mol. The standard InChI is InChI=1S/C9H9N5O2/c10-5-1-3-6(4-2-5)11-7-8(15)12-9(16)14-13-7/h1-4H,10H2,(H,11,13)(H2,12,14,15,16). The minimum absolute atomic E-state index is 0.0179. The topological polar surface area (TPSA) is 117 Å². The zero-order valence-corrected chi connectivity index (χ0v) is 8.15. The summed E-state index contributed by atoms with van der Waals surface area (Å²) in [6, 6.07) is 6.76. The van der Waals surface area contributed by atoms with Gasteiger partial charge < -0.3 is 11.1 Å². The number of H-pyrrole nitrogens is 2. The first kappa shape index (κ1) is 9.97. The summed E-state index contributed by atoms with van der Waals surface area (Å²) in [5, 5.41) is 8.44. The molecule has 0 saturated heterocycles. The highest BCUT2D eigenvalue weighted by Crippen LogP contribution is 2.12. The lowest BCUT2D eigenvalue weighted by Gasteiger charge is -2.03. The number of nitrogens with zero attached hydrogens (tertiary/aromatic N) is 1. The van der Waals surface area contributed by atoms with Gasteiger partial charge in [0.05, 0.1) is 0 Å². The summed E-state index contributed by atoms with van der Waals surface area (Å²) in [6.07, 6.45) is 0. The molecule has 1 aromatic heterocycles. The fourth-order valence-electron chi connectivity index (χ4n) is 1.14. The number of nitrogens with one attached hydrogen (secondary N) is 3. The maximum Gasteiger partial charge on any atom is 0.342 e. The number of rotatable bonds is 2. The van der Waals surface area contributed by atoms with Crippen LogP contribution in [0.3, 0.4) is 0 Å². The highest BCUT2D eigenvalue weighted by Gasteiger charge is 2.01. The Hall–Kier alpha value is -2.57. The number of anilines is 3. The van der Waals surface area contributed by atoms with Crippen molar-refractivity contribution in [2.45, 2.75) is 0 Å². The van der Waals surface area contributed by atoms with Gasteiger partial charge in [0.1, 0.15) is 0 Å². The minimum Gasteiger partial charge on any atom is -0.399 e. The first-order chi connectivity index (χ1) is 7.65. The van der Waals surface area contributed by atoms with Crippen molar-refractivity contribution in [1.82, 2.24) is 15.2 Å². The molecule has 0 aliphatic carbocycles. The molecule has 0 spiro atoms. The van der Waals surface area contributed by atoms with Crippen LogP contribution in [0, 0.1) is 0 Å². The van der Waals surface area contributed by atoms with E-state index < -0.39 is 11.2 Å². The van der Waals surface area contributed by atoms with Crippen molar-refractivity contribution >= 4 is 17.2 Å². The number of nitrogens with two attached hydrogens (primary N) is 1. The molecule has 82 valence electrons. The molecule has 0 amide bonds. The molecule has 5 N–H and O–H groups in total. The SMILES string of the molecule is Nc1ccc(Nc2n[nH]c(=O)[nH]c2=O)cc1. The largest absolute Gasteiger partial charge is 0.399 e. The third-order valence-corrected chi connectivity index (χ3v) is 1.88. The van der Waals surface area contributed by atoms with E-state index in [-0.39, 0.29) is 5.82 Å². The Bertz CT molecular complexity index is 598. The molecule has 0 aliphatic heterocycles. The fraction of sp³-hybridized carbons (Fsp3) is 0. The van der Waals surface area contributed by atoms with Gasteiger partial charge in [-0.25, -0.2) is 9.89 Å². The molecule has 0 bridgehead atoms. The lowest BCUT2D eigenvalue weighted by Crippen LogP contribution is -2.25. The molecule has 1 heterocycles. The van der Waals surface area contributed by atoms with Crippen molar-refractivity contribution in [1.29, 1.82) is 0 Å². The first-order valence-corrected chi connectivity index (χ1v) is 4.47. The lowest BCUT2D eigenvalue weighted by atomic mass is 10.3. The lowest BCUT2D eigenvalue weighted by molar-refractivity contribution is 0.897. The van der Waals surface area contributed by atoms with E-state index in [2.05, 4.69) is 20.5 Å². The Labute approximate surface area is 89.3 Å². The second-order valence-electron chi connectivity index (χ2n) is 3.10. The highest BCUT2D eigenvalue weighted by molar-refractivity contribution is 5.58. The summed E-state index contributed by atoms with van der Waals surface area (Å²) in [4.78, 5) is 24.1. The summed E-state index contributed by atoms with van der Waals surface area (Å²) in [5.41, 5.74) is 5.55. The fourth-order valence-corrected chi connectivity index (χ4v) is 1.14. The van der Waals surface area contributed by atoms with E-state index >= 15 is 0 Å². The Balaban J connectivity index is 2.30. The zero-order chi connectivity index (χ0) is 11.5. The number of aromatic amines is 2. The van der Waals surface area contributed by atoms with E-state index in [9.17, 15) is 9.59 Å². The van der Waals surface area contributed by atoms with E-state index in [0.29, 0.717) is 11.4 Å². The van der Waals surface area contributed by atoms with Crippen LogP contribution in [0.15, 0.2) is 33.9 Å². The van der Waals surface area contributed by atoms with Crippen LogP contribution in [0.4, 0.5) is 17.2 Å². The Morgan fingerprint density at radius 1 is 1.19 bits per heavy atom. The van der Waals surface area contributed by atoms with Gasteiger partial charge in [0, 0.05) is 11.4 Å². The number of nitrogen functional groups attached to an aromatic ring is 1. The summed E-state index contributed by atoms with van der Waals surface area (Å²) in [7, 11) is 0. The van der Waals surface area contributed by atoms with Crippen molar-refractivity contribution < 1.29 is 0 Å². The van der Waals surface area contributed by atoms with Gasteiger partial charge in [-0.1, -0.05) is 0 Å². The van der Waals surface area contributed by atoms with Crippen LogP contribution in [-0.2, 0) is 0 Å². The van der Waals surface area contributed by atoms with Gasteiger partial charge in [-0.15, -0.1) is 5.10 Å². The number of hydrogen-bond donors (Lipinski definition) is 4. The van der Waals surface area contributed by atoms with E-state index in [4.69, 9.17) is 5.73 Å². The summed E-state index contributed by atoms with van der Waals surface area (Å²) in [5.74, 6) is 0.0179. The molecule has 7 nitrogen and oxygen atoms in total. The first-order valence-electron chi connectivity index (χ1n) is 4.47. The van der Waals surface area contributed by atoms with Gasteiger partial charge in [-0.05, 0) is 24.3 Å². The molecular weight excluding hydrogens is 210 g/mol. The van der Waals surface area contributed by atoms with Crippen LogP contribution >= 0.6 is 0 Å². The maximum absolute atomic E-state index is 11.3. The summed E-state index contributed by atoms with van der Waals surface area (Å²) in [6.45, 7) is 0.